The fourth-order valence-corrected chi connectivity index (χ4v) is 0.0913. The van der Waals surface area contributed by atoms with Crippen molar-refractivity contribution in [1.82, 2.24) is 0 Å². The summed E-state index contributed by atoms with van der Waals surface area (Å²) in [5.74, 6) is -6.01. The zero-order valence-corrected chi connectivity index (χ0v) is 49.9. The normalized spacial score (nSPS) is 8.21. The quantitative estimate of drug-likeness (QED) is 0.338. The van der Waals surface area contributed by atoms with E-state index >= 15 is 0 Å². The van der Waals surface area contributed by atoms with Crippen molar-refractivity contribution in [2.45, 2.75) is 32.1 Å². The summed E-state index contributed by atoms with van der Waals surface area (Å²) in [5, 5.41) is 15.2. The molecule has 0 aromatic rings. The number of halogens is 4. The maximum atomic E-state index is 11.6. The Morgan fingerprint density at radius 3 is 1.00 bits per heavy atom. The van der Waals surface area contributed by atoms with Crippen LogP contribution in [-0.4, -0.2) is 22.1 Å². The molecule has 0 aromatic carbocycles. The van der Waals surface area contributed by atoms with Crippen molar-refractivity contribution in [3.63, 3.8) is 0 Å². The van der Waals surface area contributed by atoms with Crippen LogP contribution >= 0.6 is 0 Å². The van der Waals surface area contributed by atoms with Gasteiger partial charge in [-0.1, -0.05) is 6.92 Å². The summed E-state index contributed by atoms with van der Waals surface area (Å²) in [5.41, 5.74) is 0. The molecular formula is C7H12F4O2Rf6-2. The number of alkyl halides is 4. The van der Waals surface area contributed by atoms with Crippen molar-refractivity contribution in [2.24, 2.45) is 0 Å². The molecule has 2 nitrogen and oxygen atoms in total. The van der Waals surface area contributed by atoms with Gasteiger partial charge in [0, 0.05) is 0 Å². The van der Waals surface area contributed by atoms with Crippen molar-refractivity contribution in [3.05, 3.63) is 13.2 Å². The number of hydrogen-bond acceptors (Lipinski definition) is 2. The smallest absolute Gasteiger partial charge is 0.153 e. The average molecular weight is 1810 g/mol. The maximum absolute atomic E-state index is 11.6. The number of aliphatic hydroxyl groups excluding tert-OH is 2. The van der Waals surface area contributed by atoms with Crippen LogP contribution in [0.15, 0.2) is 0 Å². The van der Waals surface area contributed by atoms with Gasteiger partial charge in [-0.25, -0.2) is 17.6 Å². The molecule has 2 N–H and O–H groups in total. The first-order chi connectivity index (χ1) is 5.68. The molecule has 0 amide bonds. The molecular weight excluding hydrogens is 1790 g/mol. The topological polar surface area (TPSA) is 40.5 Å². The van der Waals surface area contributed by atoms with Gasteiger partial charge in [0.25, 0.3) is 0 Å². The van der Waals surface area contributed by atoms with Gasteiger partial charge in [-0.2, -0.15) is 0 Å². The first kappa shape index (κ1) is 79.5. The molecule has 0 fully saturated rings. The third-order valence-electron chi connectivity index (χ3n) is 0.887. The Balaban J connectivity index is -0.0000000162. The molecule has 0 unspecified atom stereocenters. The summed E-state index contributed by atoms with van der Waals surface area (Å²) in [4.78, 5) is 0. The monoisotopic (exact) mass is 1810 g/mol. The predicted octanol–water partition coefficient (Wildman–Crippen LogP) is 2.74. The molecule has 0 aliphatic heterocycles. The van der Waals surface area contributed by atoms with E-state index in [1.807, 2.05) is 0 Å². The second kappa shape index (κ2) is 17.7. The van der Waals surface area contributed by atoms with Gasteiger partial charge in [0.05, 0.1) is 0 Å². The van der Waals surface area contributed by atoms with E-state index in [-0.39, 0.29) is 19.6 Å². The van der Waals surface area contributed by atoms with Crippen LogP contribution in [0.2, 0.25) is 0 Å². The minimum absolute atomic E-state index is 0. The Hall–Kier alpha value is -6.36. The van der Waals surface area contributed by atoms with Gasteiger partial charge in [-0.05, 0) is 13.3 Å². The van der Waals surface area contributed by atoms with E-state index in [4.69, 9.17) is 10.2 Å². The fourth-order valence-electron chi connectivity index (χ4n) is 0.0913. The van der Waals surface area contributed by atoms with Crippen LogP contribution in [0.1, 0.15) is 20.3 Å². The molecule has 0 spiro atoms. The van der Waals surface area contributed by atoms with Crippen molar-refractivity contribution >= 4 is 0 Å². The Kier molecular flexibility index (Phi) is 73.9. The van der Waals surface area contributed by atoms with E-state index in [9.17, 15) is 17.6 Å². The standard InChI is InChI=1S/C4H7F2O.C3H5F2O.6Rf/c1-2-4(5,6)3-7;1-3(4,5)2-6;;;;;;/h3,7H,2H2,1H3;2,6H,1H3;;;;;;/q2*-1;;;;;;. The van der Waals surface area contributed by atoms with Crippen molar-refractivity contribution in [3.8, 4) is 0 Å². The van der Waals surface area contributed by atoms with E-state index in [1.54, 1.807) is 0 Å². The minimum Gasteiger partial charge on any atom is -0.560 e. The van der Waals surface area contributed by atoms with Crippen LogP contribution in [0, 0.1) is 13.2 Å². The predicted molar refractivity (Wildman–Crippen MR) is 38.3 cm³/mol. The van der Waals surface area contributed by atoms with E-state index < -0.39 is 11.8 Å². The van der Waals surface area contributed by atoms with Crippen LogP contribution in [-0.2, 0) is 0 Å². The molecule has 0 saturated carbocycles. The Labute approximate surface area is 74.2 Å². The van der Waals surface area contributed by atoms with Gasteiger partial charge >= 0.3 is 0 Å². The summed E-state index contributed by atoms with van der Waals surface area (Å²) in [7, 11) is 0. The molecule has 19 heavy (non-hydrogen) atoms. The minimum atomic E-state index is -3.03. The number of hydrogen-bond donors (Lipinski definition) is 2. The number of aliphatic hydroxyl groups is 2. The molecule has 0 heterocycles. The van der Waals surface area contributed by atoms with Crippen molar-refractivity contribution < 1.29 is 27.8 Å². The first-order valence-electron chi connectivity index (χ1n) is 3.41. The van der Waals surface area contributed by atoms with E-state index in [0.717, 1.165) is 0 Å². The Morgan fingerprint density at radius 2 is 1.00 bits per heavy atom. The third kappa shape index (κ3) is 155. The summed E-state index contributed by atoms with van der Waals surface area (Å²) in [6.07, 6.45) is -0.344. The maximum Gasteiger partial charge on any atom is 0.153 e. The van der Waals surface area contributed by atoms with Crippen molar-refractivity contribution in [2.75, 3.05) is 0 Å². The fraction of sp³-hybridized carbons (Fsp3) is 0.714. The van der Waals surface area contributed by atoms with E-state index in [1.165, 1.54) is 6.92 Å². The molecule has 12 heteroatoms. The van der Waals surface area contributed by atoms with E-state index in [2.05, 4.69) is 0 Å². The average Bonchev–Trinajstić information content (AvgIpc) is 2.04. The molecule has 0 aliphatic rings. The summed E-state index contributed by atoms with van der Waals surface area (Å²) in [6.45, 7) is 1.67. The van der Waals surface area contributed by atoms with Crippen molar-refractivity contribution in [1.29, 1.82) is 0 Å². The summed E-state index contributed by atoms with van der Waals surface area (Å²) >= 11 is 0. The van der Waals surface area contributed by atoms with Crippen LogP contribution in [0.25, 0.3) is 0 Å². The van der Waals surface area contributed by atoms with Crippen LogP contribution in [0.5, 0.6) is 0 Å². The molecule has 0 aromatic heterocycles. The molecule has 0 atom stereocenters. The molecule has 0 radical (unpaired) electrons. The van der Waals surface area contributed by atoms with Gasteiger partial charge in [-0.3, -0.25) is 0 Å². The van der Waals surface area contributed by atoms with Gasteiger partial charge in [0.1, 0.15) is 0 Å². The molecule has 0 rings (SSSR count). The zero-order valence-electron chi connectivity index (χ0n) is 11.5. The second-order valence-electron chi connectivity index (χ2n) is 2.33. The van der Waals surface area contributed by atoms with Gasteiger partial charge in [0.2, 0.25) is 0 Å². The summed E-state index contributed by atoms with van der Waals surface area (Å²) in [6, 6.07) is 0. The molecule has 0 aliphatic carbocycles. The Morgan fingerprint density at radius 1 is 0.789 bits per heavy atom. The van der Waals surface area contributed by atoms with Crippen LogP contribution < -0.4 is 0 Å². The molecule has 0 bridgehead atoms. The van der Waals surface area contributed by atoms with Crippen LogP contribution in [0.4, 0.5) is 17.6 Å². The summed E-state index contributed by atoms with van der Waals surface area (Å²) < 4.78 is 45.4. The Bertz CT molecular complexity index is 133. The molecule has 94 valence electrons. The van der Waals surface area contributed by atoms with Gasteiger partial charge in [-0.15, -0.1) is 13.2 Å². The van der Waals surface area contributed by atoms with Crippen LogP contribution in [0.3, 0.4) is 0 Å². The number of rotatable bonds is 3. The van der Waals surface area contributed by atoms with E-state index in [0.29, 0.717) is 6.92 Å². The van der Waals surface area contributed by atoms with Gasteiger partial charge in [0.15, 0.2) is 11.8 Å². The SMILES string of the molecule is CC(F)(F)[CH-]O.CCC(F)(F)[CH-]O.[Rf].[Rf].[Rf].[Rf].[Rf].[Rf]. The van der Waals surface area contributed by atoms with Gasteiger partial charge < -0.3 is 10.2 Å². The molecule has 0 saturated heterocycles. The largest absolute Gasteiger partial charge is 0.560 e. The second-order valence-corrected chi connectivity index (χ2v) is 2.33. The first-order valence-corrected chi connectivity index (χ1v) is 3.41. The zero-order chi connectivity index (χ0) is 11.1. The third-order valence-corrected chi connectivity index (χ3v) is 0.887.